The Bertz CT molecular complexity index is 3450. The SMILES string of the molecule is CCc1c(F)ccc2cc(O)cc(-c3ncc4c(N5CCCC5)nc(OC[C@@]56CCCN5[C@H](COC(=O)N5CCC7(CC5)CC(N5CCC(c8ccc9c(c8)n(C)c(=O)n9C8CCC(=O)NC8=O)CC5)C7)CC6)nc4c3F)c12. The molecule has 17 nitrogen and oxygen atoms in total. The fraction of sp³-hybridized carbons (Fsp3) is 0.542. The van der Waals surface area contributed by atoms with Gasteiger partial charge in [0.15, 0.2) is 5.82 Å². The van der Waals surface area contributed by atoms with Gasteiger partial charge in [0.05, 0.1) is 22.0 Å². The Labute approximate surface area is 450 Å². The molecule has 7 fully saturated rings. The number of carbonyl (C=O) groups excluding carboxylic acids is 3. The van der Waals surface area contributed by atoms with Crippen molar-refractivity contribution in [3.63, 3.8) is 0 Å². The summed E-state index contributed by atoms with van der Waals surface area (Å²) in [4.78, 5) is 74.8. The first kappa shape index (κ1) is 50.8. The molecule has 6 aromatic rings. The topological polar surface area (TPSA) is 180 Å². The van der Waals surface area contributed by atoms with Crippen LogP contribution in [0.3, 0.4) is 0 Å². The highest BCUT2D eigenvalue weighted by Crippen LogP contribution is 2.52. The average Bonchev–Trinajstić information content (AvgIpc) is 4.35. The number of likely N-dealkylation sites (tertiary alicyclic amines) is 2. The summed E-state index contributed by atoms with van der Waals surface area (Å²) in [6.07, 6.45) is 14.1. The van der Waals surface area contributed by atoms with Gasteiger partial charge in [0.25, 0.3) is 0 Å². The molecular weight excluding hydrogens is 999 g/mol. The lowest BCUT2D eigenvalue weighted by molar-refractivity contribution is -0.135. The monoisotopic (exact) mass is 1070 g/mol. The molecule has 19 heteroatoms. The van der Waals surface area contributed by atoms with Crippen molar-refractivity contribution in [3.05, 3.63) is 81.9 Å². The van der Waals surface area contributed by atoms with Gasteiger partial charge in [-0.1, -0.05) is 19.1 Å². The number of imidazole rings is 1. The van der Waals surface area contributed by atoms with E-state index in [4.69, 9.17) is 19.4 Å². The lowest BCUT2D eigenvalue weighted by Crippen LogP contribution is -2.56. The number of aromatic nitrogens is 5. The van der Waals surface area contributed by atoms with Gasteiger partial charge in [-0.3, -0.25) is 33.9 Å². The number of amides is 3. The Hall–Kier alpha value is -6.73. The third kappa shape index (κ3) is 8.73. The maximum absolute atomic E-state index is 17.1. The number of nitrogens with one attached hydrogen (secondary N) is 1. The van der Waals surface area contributed by atoms with Crippen LogP contribution in [0.5, 0.6) is 11.8 Å². The third-order valence-corrected chi connectivity index (χ3v) is 19.3. The second kappa shape index (κ2) is 19.9. The standard InChI is InChI=1S/C59H68F2N10O7/c1-3-41-44(60)9-7-37-27-40(72)29-42(49(37)41)51-50(61)52-43(32-62-51)53(68-20-4-5-21-68)65-55(64-52)78-34-59-16-6-22-70(59)38(13-17-59)33-77-57(76)69-25-18-58(19-26-69)30-39(31-58)67-23-14-35(15-24-67)36-8-10-45-47(28-36)66(2)56(75)71(45)46-11-12-48(73)63-54(46)74/h7-10,27-29,32,35,38-39,46,72H,3-6,11-26,30-31,33-34H2,1-2H3,(H,63,73,74)/t38-,46?,59-/m0/s1. The number of phenolic OH excluding ortho intramolecular Hbond substituents is 1. The second-order valence-corrected chi connectivity index (χ2v) is 23.5. The molecule has 3 atom stereocenters. The lowest BCUT2D eigenvalue weighted by Gasteiger charge is -2.56. The molecule has 0 bridgehead atoms. The van der Waals surface area contributed by atoms with Gasteiger partial charge in [0.2, 0.25) is 11.8 Å². The predicted octanol–water partition coefficient (Wildman–Crippen LogP) is 8.26. The van der Waals surface area contributed by atoms with E-state index < -0.39 is 23.6 Å². The van der Waals surface area contributed by atoms with Crippen molar-refractivity contribution in [2.24, 2.45) is 12.5 Å². The van der Waals surface area contributed by atoms with Gasteiger partial charge < -0.3 is 29.3 Å². The smallest absolute Gasteiger partial charge is 0.409 e. The maximum Gasteiger partial charge on any atom is 0.409 e. The summed E-state index contributed by atoms with van der Waals surface area (Å²) in [5.41, 5.74) is 3.17. The summed E-state index contributed by atoms with van der Waals surface area (Å²) < 4.78 is 48.1. The third-order valence-electron chi connectivity index (χ3n) is 19.3. The molecule has 78 heavy (non-hydrogen) atoms. The van der Waals surface area contributed by atoms with Crippen molar-refractivity contribution in [2.75, 3.05) is 63.9 Å². The largest absolute Gasteiger partial charge is 0.508 e. The molecule has 1 saturated carbocycles. The molecule has 7 aliphatic rings. The number of rotatable bonds is 11. The number of piperidine rings is 3. The molecule has 1 aliphatic carbocycles. The Morgan fingerprint density at radius 1 is 0.872 bits per heavy atom. The van der Waals surface area contributed by atoms with Gasteiger partial charge in [0, 0.05) is 63.5 Å². The van der Waals surface area contributed by atoms with Crippen LogP contribution in [0.25, 0.3) is 44.0 Å². The van der Waals surface area contributed by atoms with E-state index in [0.29, 0.717) is 84.2 Å². The maximum atomic E-state index is 17.1. The van der Waals surface area contributed by atoms with Crippen molar-refractivity contribution < 1.29 is 37.7 Å². The summed E-state index contributed by atoms with van der Waals surface area (Å²) in [6.45, 7) is 8.25. The van der Waals surface area contributed by atoms with Crippen LogP contribution in [-0.2, 0) is 27.8 Å². The molecule has 1 spiro atoms. The number of anilines is 1. The van der Waals surface area contributed by atoms with E-state index in [0.717, 1.165) is 115 Å². The normalized spacial score (nSPS) is 24.2. The molecule has 9 heterocycles. The van der Waals surface area contributed by atoms with Gasteiger partial charge in [-0.15, -0.1) is 0 Å². The average molecular weight is 1070 g/mol. The van der Waals surface area contributed by atoms with Crippen LogP contribution in [-0.4, -0.2) is 138 Å². The summed E-state index contributed by atoms with van der Waals surface area (Å²) in [6, 6.07) is 12.1. The van der Waals surface area contributed by atoms with E-state index in [1.807, 2.05) is 17.9 Å². The molecule has 6 saturated heterocycles. The first-order chi connectivity index (χ1) is 37.8. The van der Waals surface area contributed by atoms with Crippen LogP contribution in [0.1, 0.15) is 120 Å². The number of fused-ring (bicyclic) bond motifs is 4. The predicted molar refractivity (Wildman–Crippen MR) is 290 cm³/mol. The number of phenols is 1. The molecule has 410 valence electrons. The second-order valence-electron chi connectivity index (χ2n) is 23.5. The Morgan fingerprint density at radius 2 is 1.67 bits per heavy atom. The van der Waals surface area contributed by atoms with Gasteiger partial charge in [-0.25, -0.2) is 18.4 Å². The van der Waals surface area contributed by atoms with Crippen molar-refractivity contribution in [1.82, 2.24) is 44.1 Å². The van der Waals surface area contributed by atoms with Gasteiger partial charge in [-0.2, -0.15) is 9.97 Å². The number of halogens is 2. The number of carbonyl (C=O) groups is 3. The first-order valence-electron chi connectivity index (χ1n) is 28.4. The fourth-order valence-electron chi connectivity index (χ4n) is 15.0. The van der Waals surface area contributed by atoms with Crippen molar-refractivity contribution in [3.8, 4) is 23.0 Å². The molecule has 3 aromatic heterocycles. The Kier molecular flexibility index (Phi) is 12.9. The van der Waals surface area contributed by atoms with Crippen LogP contribution < -0.4 is 20.6 Å². The quantitative estimate of drug-likeness (QED) is 0.119. The number of aromatic hydroxyl groups is 1. The molecule has 3 aromatic carbocycles. The minimum atomic E-state index is -0.697. The molecule has 1 unspecified atom stereocenters. The molecule has 6 aliphatic heterocycles. The zero-order valence-electron chi connectivity index (χ0n) is 44.6. The first-order valence-corrected chi connectivity index (χ1v) is 28.4. The molecule has 13 rings (SSSR count). The van der Waals surface area contributed by atoms with Gasteiger partial charge in [0.1, 0.15) is 47.9 Å². The summed E-state index contributed by atoms with van der Waals surface area (Å²) in [7, 11) is 1.75. The van der Waals surface area contributed by atoms with Crippen molar-refractivity contribution in [2.45, 2.75) is 133 Å². The lowest BCUT2D eigenvalue weighted by atomic mass is 9.59. The number of hydrogen-bond acceptors (Lipinski definition) is 13. The highest BCUT2D eigenvalue weighted by atomic mass is 19.1. The Morgan fingerprint density at radius 3 is 2.44 bits per heavy atom. The highest BCUT2D eigenvalue weighted by molar-refractivity contribution is 6.02. The van der Waals surface area contributed by atoms with Crippen LogP contribution in [0.4, 0.5) is 19.4 Å². The van der Waals surface area contributed by atoms with E-state index in [2.05, 4.69) is 37.1 Å². The number of aryl methyl sites for hydroxylation is 2. The zero-order chi connectivity index (χ0) is 53.6. The fourth-order valence-corrected chi connectivity index (χ4v) is 15.0. The summed E-state index contributed by atoms with van der Waals surface area (Å²) in [5, 5.41) is 14.7. The van der Waals surface area contributed by atoms with E-state index in [-0.39, 0.29) is 69.6 Å². The number of nitrogens with zero attached hydrogens (tertiary/aromatic N) is 9. The van der Waals surface area contributed by atoms with E-state index in [1.54, 1.807) is 34.5 Å². The number of hydrogen-bond donors (Lipinski definition) is 2. The van der Waals surface area contributed by atoms with Crippen LogP contribution >= 0.6 is 0 Å². The van der Waals surface area contributed by atoms with Crippen LogP contribution in [0.2, 0.25) is 0 Å². The van der Waals surface area contributed by atoms with Crippen molar-refractivity contribution >= 4 is 56.4 Å². The van der Waals surface area contributed by atoms with Crippen molar-refractivity contribution in [1.29, 1.82) is 0 Å². The molecule has 0 radical (unpaired) electrons. The van der Waals surface area contributed by atoms with Gasteiger partial charge in [-0.05, 0) is 173 Å². The van der Waals surface area contributed by atoms with Gasteiger partial charge >= 0.3 is 17.8 Å². The zero-order valence-corrected chi connectivity index (χ0v) is 44.6. The number of pyridine rings is 1. The van der Waals surface area contributed by atoms with Crippen LogP contribution in [0, 0.1) is 17.0 Å². The van der Waals surface area contributed by atoms with E-state index in [1.165, 1.54) is 17.7 Å². The van der Waals surface area contributed by atoms with Crippen LogP contribution in [0.15, 0.2) is 53.5 Å². The molecule has 2 N–H and O–H groups in total. The summed E-state index contributed by atoms with van der Waals surface area (Å²) >= 11 is 0. The molecular formula is C59H68F2N10O7. The van der Waals surface area contributed by atoms with E-state index in [9.17, 15) is 24.3 Å². The number of benzene rings is 3. The molecule has 3 amide bonds. The number of imide groups is 1. The Balaban J connectivity index is 0.611. The number of ether oxygens (including phenoxy) is 2. The minimum absolute atomic E-state index is 0.0351. The van der Waals surface area contributed by atoms with E-state index >= 15 is 8.78 Å². The minimum Gasteiger partial charge on any atom is -0.508 e. The highest BCUT2D eigenvalue weighted by Gasteiger charge is 2.51. The summed E-state index contributed by atoms with van der Waals surface area (Å²) in [5.74, 6) is -0.959.